The minimum atomic E-state index is -4.54. The summed E-state index contributed by atoms with van der Waals surface area (Å²) in [6, 6.07) is 6.70. The molecule has 3 heterocycles. The molecule has 12 heteroatoms. The standard InChI is InChI=1S/C18H17F3N6O2S/c19-18(20,21)12-5-6-14(25-7-1-2-8-25)13(10-12)22-15(28)11-26-17(29)27(24-23-26)16-4-3-9-30-16/h3-6,9-10H,1-2,7-8,11H2,(H,22,28). The molecule has 4 rings (SSSR count). The lowest BCUT2D eigenvalue weighted by Crippen LogP contribution is -2.30. The van der Waals surface area contributed by atoms with Crippen molar-refractivity contribution in [3.8, 4) is 5.00 Å². The van der Waals surface area contributed by atoms with Crippen LogP contribution in [0.15, 0.2) is 40.5 Å². The van der Waals surface area contributed by atoms with Crippen LogP contribution in [0.1, 0.15) is 18.4 Å². The van der Waals surface area contributed by atoms with Crippen molar-refractivity contribution in [3.63, 3.8) is 0 Å². The number of hydrogen-bond donors (Lipinski definition) is 1. The number of rotatable bonds is 5. The van der Waals surface area contributed by atoms with Crippen LogP contribution >= 0.6 is 11.3 Å². The molecule has 1 amide bonds. The van der Waals surface area contributed by atoms with Crippen LogP contribution in [0, 0.1) is 0 Å². The summed E-state index contributed by atoms with van der Waals surface area (Å²) in [4.78, 5) is 26.8. The van der Waals surface area contributed by atoms with E-state index in [1.165, 1.54) is 17.4 Å². The van der Waals surface area contributed by atoms with E-state index < -0.39 is 29.9 Å². The number of amides is 1. The largest absolute Gasteiger partial charge is 0.416 e. The van der Waals surface area contributed by atoms with E-state index in [4.69, 9.17) is 0 Å². The number of alkyl halides is 3. The molecule has 0 spiro atoms. The first kappa shape index (κ1) is 20.1. The lowest BCUT2D eigenvalue weighted by Gasteiger charge is -2.22. The Bertz CT molecular complexity index is 1100. The summed E-state index contributed by atoms with van der Waals surface area (Å²) in [5, 5.41) is 12.2. The molecule has 0 unspecified atom stereocenters. The van der Waals surface area contributed by atoms with Crippen molar-refractivity contribution in [1.29, 1.82) is 0 Å². The number of anilines is 2. The Balaban J connectivity index is 1.57. The zero-order valence-corrected chi connectivity index (χ0v) is 16.4. The fourth-order valence-electron chi connectivity index (χ4n) is 3.27. The summed E-state index contributed by atoms with van der Waals surface area (Å²) < 4.78 is 41.4. The number of aromatic nitrogens is 4. The molecule has 0 saturated carbocycles. The number of tetrazole rings is 1. The number of carbonyl (C=O) groups is 1. The lowest BCUT2D eigenvalue weighted by molar-refractivity contribution is -0.137. The summed E-state index contributed by atoms with van der Waals surface area (Å²) in [6.45, 7) is 0.922. The fourth-order valence-corrected chi connectivity index (χ4v) is 3.94. The molecular formula is C18H17F3N6O2S. The molecule has 1 saturated heterocycles. The predicted molar refractivity (Wildman–Crippen MR) is 105 cm³/mol. The van der Waals surface area contributed by atoms with Gasteiger partial charge < -0.3 is 10.2 Å². The van der Waals surface area contributed by atoms with Gasteiger partial charge in [0.15, 0.2) is 0 Å². The molecule has 1 aliphatic heterocycles. The number of carbonyl (C=O) groups excluding carboxylic acids is 1. The van der Waals surface area contributed by atoms with Crippen LogP contribution in [0.2, 0.25) is 0 Å². The second kappa shape index (κ2) is 7.94. The monoisotopic (exact) mass is 438 g/mol. The summed E-state index contributed by atoms with van der Waals surface area (Å²) >= 11 is 1.28. The summed E-state index contributed by atoms with van der Waals surface area (Å²) in [6.07, 6.45) is -2.69. The number of hydrogen-bond acceptors (Lipinski definition) is 6. The van der Waals surface area contributed by atoms with Crippen molar-refractivity contribution < 1.29 is 18.0 Å². The molecule has 1 fully saturated rings. The predicted octanol–water partition coefficient (Wildman–Crippen LogP) is 2.75. The van der Waals surface area contributed by atoms with E-state index in [0.29, 0.717) is 23.8 Å². The normalized spacial score (nSPS) is 14.3. The summed E-state index contributed by atoms with van der Waals surface area (Å²) in [7, 11) is 0. The van der Waals surface area contributed by atoms with Crippen molar-refractivity contribution >= 4 is 28.6 Å². The first-order chi connectivity index (χ1) is 14.3. The zero-order valence-electron chi connectivity index (χ0n) is 15.6. The van der Waals surface area contributed by atoms with Gasteiger partial charge in [0.1, 0.15) is 11.5 Å². The number of thiophene rings is 1. The molecule has 30 heavy (non-hydrogen) atoms. The number of benzene rings is 1. The first-order valence-corrected chi connectivity index (χ1v) is 10.0. The van der Waals surface area contributed by atoms with Crippen molar-refractivity contribution in [2.24, 2.45) is 0 Å². The second-order valence-electron chi connectivity index (χ2n) is 6.75. The fraction of sp³-hybridized carbons (Fsp3) is 0.333. The summed E-state index contributed by atoms with van der Waals surface area (Å²) in [5.41, 5.74) is -0.906. The lowest BCUT2D eigenvalue weighted by atomic mass is 10.1. The van der Waals surface area contributed by atoms with E-state index in [2.05, 4.69) is 15.7 Å². The molecule has 8 nitrogen and oxygen atoms in total. The van der Waals surface area contributed by atoms with Crippen LogP contribution in [0.5, 0.6) is 0 Å². The molecule has 1 aromatic carbocycles. The van der Waals surface area contributed by atoms with Crippen molar-refractivity contribution in [2.45, 2.75) is 25.6 Å². The highest BCUT2D eigenvalue weighted by Crippen LogP contribution is 2.36. The molecular weight excluding hydrogens is 421 g/mol. The topological polar surface area (TPSA) is 85.0 Å². The zero-order chi connectivity index (χ0) is 21.3. The second-order valence-corrected chi connectivity index (χ2v) is 7.68. The van der Waals surface area contributed by atoms with Gasteiger partial charge in [0, 0.05) is 13.1 Å². The van der Waals surface area contributed by atoms with Gasteiger partial charge in [0.2, 0.25) is 5.91 Å². The van der Waals surface area contributed by atoms with Gasteiger partial charge in [-0.1, -0.05) is 0 Å². The SMILES string of the molecule is O=C(Cn1nnn(-c2cccs2)c1=O)Nc1cc(C(F)(F)F)ccc1N1CCCC1. The van der Waals surface area contributed by atoms with Gasteiger partial charge in [-0.2, -0.15) is 22.5 Å². The third-order valence-electron chi connectivity index (χ3n) is 4.69. The quantitative estimate of drug-likeness (QED) is 0.662. The maximum Gasteiger partial charge on any atom is 0.416 e. The van der Waals surface area contributed by atoms with Gasteiger partial charge in [0.25, 0.3) is 0 Å². The number of nitrogens with zero attached hydrogens (tertiary/aromatic N) is 5. The van der Waals surface area contributed by atoms with E-state index in [1.807, 2.05) is 4.90 Å². The minimum absolute atomic E-state index is 0.0513. The van der Waals surface area contributed by atoms with Crippen LogP contribution in [-0.4, -0.2) is 38.8 Å². The highest BCUT2D eigenvalue weighted by molar-refractivity contribution is 7.12. The molecule has 1 aliphatic rings. The molecule has 3 aromatic rings. The Morgan fingerprint density at radius 2 is 1.93 bits per heavy atom. The molecule has 0 atom stereocenters. The highest BCUT2D eigenvalue weighted by Gasteiger charge is 2.32. The van der Waals surface area contributed by atoms with Crippen molar-refractivity contribution in [2.75, 3.05) is 23.3 Å². The third-order valence-corrected chi connectivity index (χ3v) is 5.54. The van der Waals surface area contributed by atoms with Crippen LogP contribution in [-0.2, 0) is 17.5 Å². The molecule has 158 valence electrons. The number of halogens is 3. The van der Waals surface area contributed by atoms with Crippen LogP contribution in [0.3, 0.4) is 0 Å². The number of nitrogens with one attached hydrogen (secondary N) is 1. The van der Waals surface area contributed by atoms with Crippen molar-refractivity contribution in [3.05, 3.63) is 51.8 Å². The van der Waals surface area contributed by atoms with Crippen LogP contribution in [0.4, 0.5) is 24.5 Å². The Kier molecular flexibility index (Phi) is 5.33. The average Bonchev–Trinajstić information content (AvgIpc) is 3.44. The Morgan fingerprint density at radius 3 is 2.60 bits per heavy atom. The maximum absolute atomic E-state index is 13.2. The molecule has 2 aromatic heterocycles. The van der Waals surface area contributed by atoms with Crippen molar-refractivity contribution in [1.82, 2.24) is 19.8 Å². The Labute approximate surface area is 172 Å². The molecule has 0 bridgehead atoms. The van der Waals surface area contributed by atoms with E-state index >= 15 is 0 Å². The smallest absolute Gasteiger partial charge is 0.370 e. The molecule has 0 radical (unpaired) electrons. The van der Waals surface area contributed by atoms with Gasteiger partial charge in [-0.25, -0.2) is 4.79 Å². The van der Waals surface area contributed by atoms with E-state index in [-0.39, 0.29) is 5.69 Å². The summed E-state index contributed by atoms with van der Waals surface area (Å²) in [5.74, 6) is -0.671. The van der Waals surface area contributed by atoms with Crippen LogP contribution < -0.4 is 15.9 Å². The van der Waals surface area contributed by atoms with Gasteiger partial charge in [-0.15, -0.1) is 11.3 Å². The van der Waals surface area contributed by atoms with E-state index in [1.54, 1.807) is 17.5 Å². The Hall–Kier alpha value is -3.15. The van der Waals surface area contributed by atoms with Gasteiger partial charge in [0.05, 0.1) is 16.9 Å². The molecule has 0 aliphatic carbocycles. The van der Waals surface area contributed by atoms with E-state index in [0.717, 1.165) is 34.3 Å². The van der Waals surface area contributed by atoms with Gasteiger partial charge >= 0.3 is 11.9 Å². The average molecular weight is 438 g/mol. The third kappa shape index (κ3) is 4.08. The highest BCUT2D eigenvalue weighted by atomic mass is 32.1. The minimum Gasteiger partial charge on any atom is -0.370 e. The Morgan fingerprint density at radius 1 is 1.17 bits per heavy atom. The maximum atomic E-state index is 13.2. The molecule has 1 N–H and O–H groups in total. The van der Waals surface area contributed by atoms with E-state index in [9.17, 15) is 22.8 Å². The van der Waals surface area contributed by atoms with Gasteiger partial charge in [-0.05, 0) is 59.0 Å². The van der Waals surface area contributed by atoms with Gasteiger partial charge in [-0.3, -0.25) is 4.79 Å². The first-order valence-electron chi connectivity index (χ1n) is 9.16. The van der Waals surface area contributed by atoms with Crippen LogP contribution in [0.25, 0.3) is 5.00 Å².